The summed E-state index contributed by atoms with van der Waals surface area (Å²) in [5, 5.41) is 3.59. The second-order valence-electron chi connectivity index (χ2n) is 3.86. The van der Waals surface area contributed by atoms with Crippen LogP contribution in [-0.4, -0.2) is 4.98 Å². The van der Waals surface area contributed by atoms with Gasteiger partial charge in [-0.05, 0) is 37.3 Å². The van der Waals surface area contributed by atoms with Crippen LogP contribution in [0.25, 0.3) is 0 Å². The average Bonchev–Trinajstić information content (AvgIpc) is 2.32. The van der Waals surface area contributed by atoms with E-state index in [0.717, 1.165) is 15.9 Å². The lowest BCUT2D eigenvalue weighted by molar-refractivity contribution is 0.612. The van der Waals surface area contributed by atoms with E-state index in [1.54, 1.807) is 18.2 Å². The molecule has 2 rings (SSSR count). The van der Waals surface area contributed by atoms with Crippen LogP contribution in [0.3, 0.4) is 0 Å². The molecule has 0 bridgehead atoms. The molecular formula is C13H11BrClFN2. The van der Waals surface area contributed by atoms with Crippen molar-refractivity contribution in [3.05, 3.63) is 57.0 Å². The lowest BCUT2D eigenvalue weighted by Gasteiger charge is -2.10. The maximum absolute atomic E-state index is 13.5. The first-order valence-corrected chi connectivity index (χ1v) is 6.54. The molecule has 0 aliphatic rings. The molecule has 1 aromatic heterocycles. The Hall–Kier alpha value is -1.13. The molecule has 94 valence electrons. The molecule has 0 atom stereocenters. The van der Waals surface area contributed by atoms with Gasteiger partial charge in [0.2, 0.25) is 0 Å². The minimum Gasteiger partial charge on any atom is -0.379 e. The van der Waals surface area contributed by atoms with Crippen LogP contribution < -0.4 is 5.32 Å². The molecule has 0 aliphatic carbocycles. The molecule has 1 heterocycles. The summed E-state index contributed by atoms with van der Waals surface area (Å²) in [6.45, 7) is 2.25. The zero-order chi connectivity index (χ0) is 13.1. The molecule has 0 aliphatic heterocycles. The number of rotatable bonds is 3. The Morgan fingerprint density at radius 1 is 1.33 bits per heavy atom. The smallest absolute Gasteiger partial charge is 0.129 e. The van der Waals surface area contributed by atoms with E-state index in [1.165, 1.54) is 6.07 Å². The van der Waals surface area contributed by atoms with Crippen LogP contribution in [0.1, 0.15) is 11.3 Å². The monoisotopic (exact) mass is 328 g/mol. The van der Waals surface area contributed by atoms with Gasteiger partial charge in [0.05, 0.1) is 11.4 Å². The molecule has 0 unspecified atom stereocenters. The molecular weight excluding hydrogens is 319 g/mol. The van der Waals surface area contributed by atoms with Crippen LogP contribution in [-0.2, 0) is 6.54 Å². The van der Waals surface area contributed by atoms with Gasteiger partial charge < -0.3 is 5.32 Å². The number of anilines is 1. The Bertz CT molecular complexity index is 575. The first kappa shape index (κ1) is 13.3. The van der Waals surface area contributed by atoms with E-state index < -0.39 is 0 Å². The summed E-state index contributed by atoms with van der Waals surface area (Å²) >= 11 is 9.10. The number of nitrogens with zero attached hydrogens (tertiary/aromatic N) is 1. The zero-order valence-electron chi connectivity index (χ0n) is 9.67. The summed E-state index contributed by atoms with van der Waals surface area (Å²) in [4.78, 5) is 4.13. The Labute approximate surface area is 118 Å². The lowest BCUT2D eigenvalue weighted by Crippen LogP contribution is -2.04. The fraction of sp³-hybridized carbons (Fsp3) is 0.154. The summed E-state index contributed by atoms with van der Waals surface area (Å²) in [5.41, 5.74) is 2.23. The third kappa shape index (κ3) is 3.21. The summed E-state index contributed by atoms with van der Waals surface area (Å²) in [6.07, 6.45) is 0. The number of pyridine rings is 1. The highest BCUT2D eigenvalue weighted by Crippen LogP contribution is 2.19. The molecule has 2 aromatic rings. The first-order chi connectivity index (χ1) is 8.56. The van der Waals surface area contributed by atoms with Crippen molar-refractivity contribution in [2.75, 3.05) is 5.32 Å². The van der Waals surface area contributed by atoms with E-state index >= 15 is 0 Å². The summed E-state index contributed by atoms with van der Waals surface area (Å²) in [6, 6.07) is 8.40. The Morgan fingerprint density at radius 3 is 2.83 bits per heavy atom. The predicted molar refractivity (Wildman–Crippen MR) is 75.4 cm³/mol. The van der Waals surface area contributed by atoms with Gasteiger partial charge in [0, 0.05) is 16.6 Å². The molecule has 0 saturated carbocycles. The highest BCUT2D eigenvalue weighted by Gasteiger charge is 2.04. The first-order valence-electron chi connectivity index (χ1n) is 5.37. The molecule has 0 amide bonds. The van der Waals surface area contributed by atoms with E-state index in [1.807, 2.05) is 13.0 Å². The van der Waals surface area contributed by atoms with Gasteiger partial charge >= 0.3 is 0 Å². The van der Waals surface area contributed by atoms with Gasteiger partial charge in [-0.3, -0.25) is 0 Å². The molecule has 2 nitrogen and oxygen atoms in total. The van der Waals surface area contributed by atoms with Crippen molar-refractivity contribution in [1.82, 2.24) is 4.98 Å². The SMILES string of the molecule is Cc1nc(Cl)ccc1NCc1cc(Br)ccc1F. The number of hydrogen-bond acceptors (Lipinski definition) is 2. The van der Waals surface area contributed by atoms with Crippen molar-refractivity contribution in [3.63, 3.8) is 0 Å². The van der Waals surface area contributed by atoms with E-state index in [2.05, 4.69) is 26.2 Å². The van der Waals surface area contributed by atoms with Crippen LogP contribution in [0.15, 0.2) is 34.8 Å². The number of hydrogen-bond donors (Lipinski definition) is 1. The van der Waals surface area contributed by atoms with Crippen molar-refractivity contribution in [1.29, 1.82) is 0 Å². The van der Waals surface area contributed by atoms with Crippen molar-refractivity contribution in [3.8, 4) is 0 Å². The van der Waals surface area contributed by atoms with Crippen molar-refractivity contribution in [2.24, 2.45) is 0 Å². The number of benzene rings is 1. The van der Waals surface area contributed by atoms with E-state index in [-0.39, 0.29) is 5.82 Å². The fourth-order valence-corrected chi connectivity index (χ4v) is 2.18. The number of nitrogens with one attached hydrogen (secondary N) is 1. The third-order valence-corrected chi connectivity index (χ3v) is 3.23. The third-order valence-electron chi connectivity index (χ3n) is 2.53. The number of aryl methyl sites for hydroxylation is 1. The Kier molecular flexibility index (Phi) is 4.19. The van der Waals surface area contributed by atoms with E-state index in [9.17, 15) is 4.39 Å². The van der Waals surface area contributed by atoms with Crippen molar-refractivity contribution >= 4 is 33.2 Å². The highest BCUT2D eigenvalue weighted by molar-refractivity contribution is 9.10. The molecule has 0 fully saturated rings. The second kappa shape index (κ2) is 5.67. The highest BCUT2D eigenvalue weighted by atomic mass is 79.9. The Balaban J connectivity index is 2.13. The van der Waals surface area contributed by atoms with Crippen LogP contribution in [0.2, 0.25) is 5.15 Å². The lowest BCUT2D eigenvalue weighted by atomic mass is 10.2. The van der Waals surface area contributed by atoms with Crippen LogP contribution in [0.4, 0.5) is 10.1 Å². The quantitative estimate of drug-likeness (QED) is 0.835. The maximum atomic E-state index is 13.5. The van der Waals surface area contributed by atoms with Crippen molar-refractivity contribution < 1.29 is 4.39 Å². The number of halogens is 3. The van der Waals surface area contributed by atoms with Gasteiger partial charge in [0.25, 0.3) is 0 Å². The second-order valence-corrected chi connectivity index (χ2v) is 5.16. The van der Waals surface area contributed by atoms with Crippen molar-refractivity contribution in [2.45, 2.75) is 13.5 Å². The van der Waals surface area contributed by atoms with E-state index in [4.69, 9.17) is 11.6 Å². The molecule has 0 spiro atoms. The summed E-state index contributed by atoms with van der Waals surface area (Å²) < 4.78 is 14.4. The van der Waals surface area contributed by atoms with Gasteiger partial charge in [-0.2, -0.15) is 0 Å². The summed E-state index contributed by atoms with van der Waals surface area (Å²) in [7, 11) is 0. The normalized spacial score (nSPS) is 10.4. The van der Waals surface area contributed by atoms with Gasteiger partial charge in [-0.25, -0.2) is 9.37 Å². The van der Waals surface area contributed by atoms with Gasteiger partial charge in [-0.15, -0.1) is 0 Å². The standard InChI is InChI=1S/C13H11BrClFN2/c1-8-12(4-5-13(15)18-8)17-7-9-6-10(14)2-3-11(9)16/h2-6,17H,7H2,1H3. The van der Waals surface area contributed by atoms with Crippen LogP contribution in [0, 0.1) is 12.7 Å². The topological polar surface area (TPSA) is 24.9 Å². The predicted octanol–water partition coefficient (Wildman–Crippen LogP) is 4.56. The summed E-state index contributed by atoms with van der Waals surface area (Å²) in [5.74, 6) is -0.231. The van der Waals surface area contributed by atoms with Gasteiger partial charge in [0.1, 0.15) is 11.0 Å². The van der Waals surface area contributed by atoms with Crippen LogP contribution in [0.5, 0.6) is 0 Å². The minimum absolute atomic E-state index is 0.231. The fourth-order valence-electron chi connectivity index (χ4n) is 1.59. The molecule has 1 aromatic carbocycles. The van der Waals surface area contributed by atoms with Crippen LogP contribution >= 0.6 is 27.5 Å². The Morgan fingerprint density at radius 2 is 2.11 bits per heavy atom. The molecule has 0 saturated heterocycles. The molecule has 5 heteroatoms. The maximum Gasteiger partial charge on any atom is 0.129 e. The van der Waals surface area contributed by atoms with Gasteiger partial charge in [0.15, 0.2) is 0 Å². The largest absolute Gasteiger partial charge is 0.379 e. The average molecular weight is 330 g/mol. The van der Waals surface area contributed by atoms with E-state index in [0.29, 0.717) is 17.3 Å². The minimum atomic E-state index is -0.231. The number of aromatic nitrogens is 1. The molecule has 18 heavy (non-hydrogen) atoms. The van der Waals surface area contributed by atoms with Gasteiger partial charge in [-0.1, -0.05) is 27.5 Å². The molecule has 0 radical (unpaired) electrons. The zero-order valence-corrected chi connectivity index (χ0v) is 12.0. The molecule has 1 N–H and O–H groups in total.